The molecule has 21 heavy (non-hydrogen) atoms. The minimum Gasteiger partial charge on any atom is -0.493 e. The zero-order valence-electron chi connectivity index (χ0n) is 11.5. The van der Waals surface area contributed by atoms with E-state index in [2.05, 4.69) is 5.32 Å². The first-order valence-electron chi connectivity index (χ1n) is 6.15. The molecule has 112 valence electrons. The zero-order chi connectivity index (χ0) is 15.4. The number of hydrogen-bond acceptors (Lipinski definition) is 3. The second-order valence-corrected chi connectivity index (χ2v) is 4.66. The Bertz CT molecular complexity index is 650. The zero-order valence-corrected chi connectivity index (χ0v) is 12.3. The molecule has 1 N–H and O–H groups in total. The van der Waals surface area contributed by atoms with E-state index in [4.69, 9.17) is 21.1 Å². The van der Waals surface area contributed by atoms with Gasteiger partial charge in [0.15, 0.2) is 23.1 Å². The van der Waals surface area contributed by atoms with Crippen molar-refractivity contribution in [2.24, 2.45) is 0 Å². The largest absolute Gasteiger partial charge is 0.493 e. The molecule has 0 aliphatic rings. The smallest absolute Gasteiger partial charge is 0.163 e. The number of benzene rings is 2. The fraction of sp³-hybridized carbons (Fsp3) is 0.200. The third-order valence-electron chi connectivity index (χ3n) is 2.97. The van der Waals surface area contributed by atoms with Gasteiger partial charge in [-0.2, -0.15) is 0 Å². The van der Waals surface area contributed by atoms with Crippen LogP contribution >= 0.6 is 11.6 Å². The molecule has 0 heterocycles. The van der Waals surface area contributed by atoms with Crippen LogP contribution in [0.2, 0.25) is 5.02 Å². The number of hydrogen-bond donors (Lipinski definition) is 1. The fourth-order valence-corrected chi connectivity index (χ4v) is 2.09. The van der Waals surface area contributed by atoms with E-state index in [-0.39, 0.29) is 12.1 Å². The van der Waals surface area contributed by atoms with Gasteiger partial charge in [-0.05, 0) is 6.07 Å². The summed E-state index contributed by atoms with van der Waals surface area (Å²) in [6, 6.07) is 7.25. The van der Waals surface area contributed by atoms with Gasteiger partial charge in [0.25, 0.3) is 0 Å². The van der Waals surface area contributed by atoms with Gasteiger partial charge in [-0.15, -0.1) is 0 Å². The van der Waals surface area contributed by atoms with Gasteiger partial charge < -0.3 is 14.8 Å². The summed E-state index contributed by atoms with van der Waals surface area (Å²) in [4.78, 5) is 0. The van der Waals surface area contributed by atoms with E-state index in [1.165, 1.54) is 26.4 Å². The highest BCUT2D eigenvalue weighted by Crippen LogP contribution is 2.36. The molecule has 3 nitrogen and oxygen atoms in total. The molecule has 0 atom stereocenters. The molecule has 0 saturated heterocycles. The molecule has 0 aromatic heterocycles. The number of methoxy groups -OCH3 is 2. The molecule has 0 aliphatic carbocycles. The van der Waals surface area contributed by atoms with Crippen LogP contribution in [0.1, 0.15) is 5.56 Å². The predicted octanol–water partition coefficient (Wildman–Crippen LogP) is 4.25. The van der Waals surface area contributed by atoms with Crippen LogP contribution in [-0.4, -0.2) is 14.2 Å². The molecule has 0 saturated carbocycles. The van der Waals surface area contributed by atoms with Crippen LogP contribution < -0.4 is 14.8 Å². The first-order chi connectivity index (χ1) is 10.1. The molecule has 0 fully saturated rings. The molecule has 0 unspecified atom stereocenters. The maximum atomic E-state index is 13.6. The summed E-state index contributed by atoms with van der Waals surface area (Å²) in [5.41, 5.74) is 0.749. The van der Waals surface area contributed by atoms with Crippen molar-refractivity contribution in [1.29, 1.82) is 0 Å². The Hall–Kier alpha value is -2.01. The van der Waals surface area contributed by atoms with Crippen LogP contribution in [0.4, 0.5) is 14.5 Å². The Kier molecular flexibility index (Phi) is 4.85. The highest BCUT2D eigenvalue weighted by Gasteiger charge is 2.11. The van der Waals surface area contributed by atoms with E-state index in [1.54, 1.807) is 12.1 Å². The Labute approximate surface area is 126 Å². The summed E-state index contributed by atoms with van der Waals surface area (Å²) in [7, 11) is 3.01. The fourth-order valence-electron chi connectivity index (χ4n) is 1.87. The second-order valence-electron chi connectivity index (χ2n) is 4.25. The van der Waals surface area contributed by atoms with E-state index in [0.717, 1.165) is 6.07 Å². The molecule has 0 amide bonds. The summed E-state index contributed by atoms with van der Waals surface area (Å²) < 4.78 is 37.0. The lowest BCUT2D eigenvalue weighted by Crippen LogP contribution is -2.04. The number of nitrogens with one attached hydrogen (secondary N) is 1. The third-order valence-corrected chi connectivity index (χ3v) is 3.29. The van der Waals surface area contributed by atoms with E-state index in [9.17, 15) is 8.78 Å². The van der Waals surface area contributed by atoms with Crippen LogP contribution in [-0.2, 0) is 6.54 Å². The second kappa shape index (κ2) is 6.63. The molecular weight excluding hydrogens is 300 g/mol. The third kappa shape index (κ3) is 3.36. The van der Waals surface area contributed by atoms with Crippen LogP contribution in [0.15, 0.2) is 30.3 Å². The van der Waals surface area contributed by atoms with Crippen molar-refractivity contribution in [3.63, 3.8) is 0 Å². The van der Waals surface area contributed by atoms with Crippen molar-refractivity contribution in [1.82, 2.24) is 0 Å². The van der Waals surface area contributed by atoms with E-state index < -0.39 is 11.6 Å². The molecule has 2 aromatic carbocycles. The molecule has 0 aliphatic heterocycles. The maximum absolute atomic E-state index is 13.6. The van der Waals surface area contributed by atoms with Crippen LogP contribution in [0.3, 0.4) is 0 Å². The van der Waals surface area contributed by atoms with Gasteiger partial charge in [-0.3, -0.25) is 0 Å². The topological polar surface area (TPSA) is 30.5 Å². The molecule has 0 radical (unpaired) electrons. The lowest BCUT2D eigenvalue weighted by Gasteiger charge is -2.13. The van der Waals surface area contributed by atoms with Gasteiger partial charge in [-0.1, -0.05) is 23.7 Å². The number of rotatable bonds is 5. The van der Waals surface area contributed by atoms with Crippen molar-refractivity contribution < 1.29 is 18.3 Å². The first-order valence-corrected chi connectivity index (χ1v) is 6.53. The Morgan fingerprint density at radius 1 is 1.10 bits per heavy atom. The lowest BCUT2D eigenvalue weighted by molar-refractivity contribution is 0.355. The molecule has 2 rings (SSSR count). The molecular formula is C15H14ClF2NO2. The van der Waals surface area contributed by atoms with Crippen LogP contribution in [0.5, 0.6) is 11.5 Å². The van der Waals surface area contributed by atoms with E-state index >= 15 is 0 Å². The number of anilines is 1. The average Bonchev–Trinajstić information content (AvgIpc) is 2.49. The highest BCUT2D eigenvalue weighted by molar-refractivity contribution is 6.33. The van der Waals surface area contributed by atoms with Crippen molar-refractivity contribution in [2.75, 3.05) is 19.5 Å². The molecule has 0 bridgehead atoms. The lowest BCUT2D eigenvalue weighted by atomic mass is 10.2. The predicted molar refractivity (Wildman–Crippen MR) is 78.2 cm³/mol. The summed E-state index contributed by atoms with van der Waals surface area (Å²) in [6.45, 7) is 0.0960. The van der Waals surface area contributed by atoms with Crippen molar-refractivity contribution in [3.8, 4) is 11.5 Å². The minimum absolute atomic E-state index is 0.0960. The summed E-state index contributed by atoms with van der Waals surface area (Å²) in [5, 5.41) is 3.34. The van der Waals surface area contributed by atoms with Crippen molar-refractivity contribution in [2.45, 2.75) is 6.54 Å². The van der Waals surface area contributed by atoms with E-state index in [0.29, 0.717) is 22.2 Å². The number of halogens is 3. The molecule has 6 heteroatoms. The van der Waals surface area contributed by atoms with Gasteiger partial charge in [-0.25, -0.2) is 8.78 Å². The minimum atomic E-state index is -0.882. The Balaban J connectivity index is 2.22. The van der Waals surface area contributed by atoms with E-state index in [1.807, 2.05) is 0 Å². The van der Waals surface area contributed by atoms with Crippen molar-refractivity contribution >= 4 is 17.3 Å². The summed E-state index contributed by atoms with van der Waals surface area (Å²) in [5.74, 6) is -0.775. The summed E-state index contributed by atoms with van der Waals surface area (Å²) in [6.07, 6.45) is 0. The van der Waals surface area contributed by atoms with Gasteiger partial charge >= 0.3 is 0 Å². The van der Waals surface area contributed by atoms with Gasteiger partial charge in [0.05, 0.1) is 24.9 Å². The standard InChI is InChI=1S/C15H14ClF2NO2/c1-20-13-6-10(16)12(7-14(13)21-2)19-8-9-4-3-5-11(17)15(9)18/h3-7,19H,8H2,1-2H3. The monoisotopic (exact) mass is 313 g/mol. The van der Waals surface area contributed by atoms with Crippen molar-refractivity contribution in [3.05, 3.63) is 52.6 Å². The van der Waals surface area contributed by atoms with Gasteiger partial charge in [0.2, 0.25) is 0 Å². The molecule has 2 aromatic rings. The molecule has 0 spiro atoms. The van der Waals surface area contributed by atoms with Gasteiger partial charge in [0, 0.05) is 24.2 Å². The van der Waals surface area contributed by atoms with Gasteiger partial charge in [0.1, 0.15) is 0 Å². The normalized spacial score (nSPS) is 10.3. The Morgan fingerprint density at radius 3 is 2.43 bits per heavy atom. The quantitative estimate of drug-likeness (QED) is 0.895. The Morgan fingerprint density at radius 2 is 1.76 bits per heavy atom. The maximum Gasteiger partial charge on any atom is 0.163 e. The van der Waals surface area contributed by atoms with Crippen LogP contribution in [0, 0.1) is 11.6 Å². The highest BCUT2D eigenvalue weighted by atomic mass is 35.5. The first kappa shape index (κ1) is 15.4. The summed E-state index contributed by atoms with van der Waals surface area (Å²) >= 11 is 6.11. The average molecular weight is 314 g/mol. The number of ether oxygens (including phenoxy) is 2. The SMILES string of the molecule is COc1cc(Cl)c(NCc2cccc(F)c2F)cc1OC. The van der Waals surface area contributed by atoms with Crippen LogP contribution in [0.25, 0.3) is 0 Å².